The number of nitrogens with zero attached hydrogens (tertiary/aromatic N) is 1. The van der Waals surface area contributed by atoms with Crippen molar-refractivity contribution >= 4 is 29.1 Å². The fourth-order valence-corrected chi connectivity index (χ4v) is 3.56. The third-order valence-corrected chi connectivity index (χ3v) is 5.51. The van der Waals surface area contributed by atoms with Crippen LogP contribution in [0.4, 0.5) is 5.69 Å². The number of amides is 2. The molecule has 0 aliphatic heterocycles. The van der Waals surface area contributed by atoms with Gasteiger partial charge in [-0.25, -0.2) is 4.98 Å². The Hall–Kier alpha value is -4.04. The van der Waals surface area contributed by atoms with Gasteiger partial charge in [0.05, 0.1) is 18.4 Å². The van der Waals surface area contributed by atoms with Crippen LogP contribution < -0.4 is 15.4 Å². The number of ether oxygens (including phenoxy) is 1. The van der Waals surface area contributed by atoms with E-state index in [1.54, 1.807) is 69.3 Å². The highest BCUT2D eigenvalue weighted by molar-refractivity contribution is 6.30. The number of anilines is 1. The molecule has 4 aromatic rings. The summed E-state index contributed by atoms with van der Waals surface area (Å²) >= 11 is 5.96. The van der Waals surface area contributed by atoms with Crippen molar-refractivity contribution in [1.82, 2.24) is 10.3 Å². The van der Waals surface area contributed by atoms with Gasteiger partial charge in [-0.3, -0.25) is 9.59 Å². The van der Waals surface area contributed by atoms with Crippen LogP contribution in [0.15, 0.2) is 69.7 Å². The Morgan fingerprint density at radius 3 is 2.63 bits per heavy atom. The minimum absolute atomic E-state index is 0.174. The van der Waals surface area contributed by atoms with Gasteiger partial charge in [0.2, 0.25) is 5.89 Å². The molecule has 4 rings (SSSR count). The maximum atomic E-state index is 12.5. The summed E-state index contributed by atoms with van der Waals surface area (Å²) in [5.74, 6) is 1.44. The summed E-state index contributed by atoms with van der Waals surface area (Å²) < 4.78 is 16.7. The Balaban J connectivity index is 1.39. The van der Waals surface area contributed by atoms with Gasteiger partial charge in [0, 0.05) is 16.3 Å². The smallest absolute Gasteiger partial charge is 0.261 e. The van der Waals surface area contributed by atoms with E-state index >= 15 is 0 Å². The van der Waals surface area contributed by atoms with Crippen molar-refractivity contribution in [1.29, 1.82) is 0 Å². The van der Waals surface area contributed by atoms with E-state index < -0.39 is 6.10 Å². The first-order valence-electron chi connectivity index (χ1n) is 10.9. The summed E-state index contributed by atoms with van der Waals surface area (Å²) in [6.07, 6.45) is 0.750. The van der Waals surface area contributed by atoms with Crippen molar-refractivity contribution < 1.29 is 23.2 Å². The summed E-state index contributed by atoms with van der Waals surface area (Å²) in [5.41, 5.74) is 2.33. The highest BCUT2D eigenvalue weighted by atomic mass is 35.5. The van der Waals surface area contributed by atoms with Gasteiger partial charge in [-0.15, -0.1) is 0 Å². The molecular formula is C26H24ClN3O5. The standard InChI is InChI=1S/C26H24ClN3O5/c1-15-22(10-11-33-15)25(32)29-20-8-4-6-18(12-20)26-30-23(16(2)35-26)14-28-24(31)17(3)34-21-9-5-7-19(27)13-21/h4-13,17H,14H2,1-3H3,(H,28,31)(H,29,32)/t17-/m0/s1. The Labute approximate surface area is 207 Å². The van der Waals surface area contributed by atoms with Crippen LogP contribution in [-0.4, -0.2) is 22.9 Å². The van der Waals surface area contributed by atoms with Gasteiger partial charge < -0.3 is 24.2 Å². The molecule has 2 amide bonds. The van der Waals surface area contributed by atoms with Gasteiger partial charge in [0.15, 0.2) is 6.10 Å². The third kappa shape index (κ3) is 5.91. The molecular weight excluding hydrogens is 470 g/mol. The second kappa shape index (κ2) is 10.5. The molecule has 0 fully saturated rings. The number of rotatable bonds is 8. The molecule has 0 saturated heterocycles. The minimum atomic E-state index is -0.723. The van der Waals surface area contributed by atoms with Crippen LogP contribution >= 0.6 is 11.6 Å². The first kappa shape index (κ1) is 24.1. The van der Waals surface area contributed by atoms with Crippen LogP contribution in [0.2, 0.25) is 5.02 Å². The van der Waals surface area contributed by atoms with Crippen LogP contribution in [-0.2, 0) is 11.3 Å². The zero-order valence-corrected chi connectivity index (χ0v) is 20.2. The average Bonchev–Trinajstić information content (AvgIpc) is 3.43. The Bertz CT molecular complexity index is 1360. The largest absolute Gasteiger partial charge is 0.481 e. The number of aromatic nitrogens is 1. The van der Waals surface area contributed by atoms with Crippen LogP contribution in [0.3, 0.4) is 0 Å². The second-order valence-corrected chi connectivity index (χ2v) is 8.32. The molecule has 180 valence electrons. The SMILES string of the molecule is Cc1occc1C(=O)Nc1cccc(-c2nc(CNC(=O)[C@H](C)Oc3cccc(Cl)c3)c(C)o2)c1. The van der Waals surface area contributed by atoms with E-state index in [0.29, 0.717) is 50.7 Å². The predicted octanol–water partition coefficient (Wildman–Crippen LogP) is 5.54. The lowest BCUT2D eigenvalue weighted by Gasteiger charge is -2.14. The molecule has 0 aliphatic rings. The molecule has 35 heavy (non-hydrogen) atoms. The number of oxazole rings is 1. The number of carbonyl (C=O) groups excluding carboxylic acids is 2. The molecule has 0 bridgehead atoms. The molecule has 2 N–H and O–H groups in total. The van der Waals surface area contributed by atoms with Crippen LogP contribution in [0.1, 0.15) is 34.5 Å². The number of nitrogens with one attached hydrogen (secondary N) is 2. The topological polar surface area (TPSA) is 107 Å². The normalized spacial score (nSPS) is 11.7. The monoisotopic (exact) mass is 493 g/mol. The Morgan fingerprint density at radius 1 is 1.09 bits per heavy atom. The van der Waals surface area contributed by atoms with Crippen molar-refractivity contribution in [3.8, 4) is 17.2 Å². The van der Waals surface area contributed by atoms with E-state index in [9.17, 15) is 9.59 Å². The molecule has 2 aromatic heterocycles. The van der Waals surface area contributed by atoms with E-state index in [-0.39, 0.29) is 18.4 Å². The lowest BCUT2D eigenvalue weighted by Crippen LogP contribution is -2.36. The van der Waals surface area contributed by atoms with Gasteiger partial charge in [-0.2, -0.15) is 0 Å². The van der Waals surface area contributed by atoms with Crippen molar-refractivity contribution in [2.24, 2.45) is 0 Å². The average molecular weight is 494 g/mol. The summed E-state index contributed by atoms with van der Waals surface area (Å²) in [6.45, 7) is 5.33. The molecule has 0 radical (unpaired) electrons. The number of furan rings is 1. The lowest BCUT2D eigenvalue weighted by molar-refractivity contribution is -0.127. The number of benzene rings is 2. The summed E-state index contributed by atoms with van der Waals surface area (Å²) in [5, 5.41) is 6.19. The zero-order chi connectivity index (χ0) is 24.9. The number of hydrogen-bond donors (Lipinski definition) is 2. The summed E-state index contributed by atoms with van der Waals surface area (Å²) in [7, 11) is 0. The highest BCUT2D eigenvalue weighted by Crippen LogP contribution is 2.25. The van der Waals surface area contributed by atoms with E-state index in [0.717, 1.165) is 0 Å². The van der Waals surface area contributed by atoms with Crippen LogP contribution in [0.25, 0.3) is 11.5 Å². The first-order valence-corrected chi connectivity index (χ1v) is 11.3. The van der Waals surface area contributed by atoms with E-state index in [4.69, 9.17) is 25.2 Å². The summed E-state index contributed by atoms with van der Waals surface area (Å²) in [6, 6.07) is 15.6. The minimum Gasteiger partial charge on any atom is -0.481 e. The van der Waals surface area contributed by atoms with Gasteiger partial charge in [0.25, 0.3) is 11.8 Å². The molecule has 0 unspecified atom stereocenters. The maximum Gasteiger partial charge on any atom is 0.261 e. The lowest BCUT2D eigenvalue weighted by atomic mass is 10.2. The van der Waals surface area contributed by atoms with E-state index in [2.05, 4.69) is 15.6 Å². The predicted molar refractivity (Wildman–Crippen MR) is 131 cm³/mol. The first-order chi connectivity index (χ1) is 16.8. The van der Waals surface area contributed by atoms with Gasteiger partial charge in [0.1, 0.15) is 23.0 Å². The quantitative estimate of drug-likeness (QED) is 0.333. The Morgan fingerprint density at radius 2 is 1.89 bits per heavy atom. The van der Waals surface area contributed by atoms with Gasteiger partial charge >= 0.3 is 0 Å². The van der Waals surface area contributed by atoms with E-state index in [1.807, 2.05) is 6.07 Å². The fraction of sp³-hybridized carbons (Fsp3) is 0.192. The molecule has 9 heteroatoms. The van der Waals surface area contributed by atoms with Gasteiger partial charge in [-0.1, -0.05) is 23.7 Å². The third-order valence-electron chi connectivity index (χ3n) is 5.27. The second-order valence-electron chi connectivity index (χ2n) is 7.88. The number of halogens is 1. The zero-order valence-electron chi connectivity index (χ0n) is 19.4. The van der Waals surface area contributed by atoms with E-state index in [1.165, 1.54) is 6.26 Å². The van der Waals surface area contributed by atoms with Crippen molar-refractivity contribution in [2.75, 3.05) is 5.32 Å². The molecule has 8 nitrogen and oxygen atoms in total. The Kier molecular flexibility index (Phi) is 7.22. The van der Waals surface area contributed by atoms with Crippen molar-refractivity contribution in [3.05, 3.63) is 88.7 Å². The fourth-order valence-electron chi connectivity index (χ4n) is 3.38. The maximum absolute atomic E-state index is 12.5. The molecule has 0 saturated carbocycles. The molecule has 2 aromatic carbocycles. The van der Waals surface area contributed by atoms with Crippen LogP contribution in [0.5, 0.6) is 5.75 Å². The number of carbonyl (C=O) groups is 2. The van der Waals surface area contributed by atoms with Crippen molar-refractivity contribution in [2.45, 2.75) is 33.4 Å². The van der Waals surface area contributed by atoms with Crippen LogP contribution in [0, 0.1) is 13.8 Å². The number of hydrogen-bond acceptors (Lipinski definition) is 6. The van der Waals surface area contributed by atoms with Crippen molar-refractivity contribution in [3.63, 3.8) is 0 Å². The number of aryl methyl sites for hydroxylation is 2. The highest BCUT2D eigenvalue weighted by Gasteiger charge is 2.18. The molecule has 0 aliphatic carbocycles. The summed E-state index contributed by atoms with van der Waals surface area (Å²) in [4.78, 5) is 29.5. The molecule has 1 atom stereocenters. The molecule has 2 heterocycles. The molecule has 0 spiro atoms. The van der Waals surface area contributed by atoms with Gasteiger partial charge in [-0.05, 0) is 63.2 Å².